The Kier molecular flexibility index (Phi) is 5.57. The maximum atomic E-state index is 12.5. The van der Waals surface area contributed by atoms with Crippen molar-refractivity contribution >= 4 is 16.9 Å². The fourth-order valence-corrected chi connectivity index (χ4v) is 3.98. The lowest BCUT2D eigenvalue weighted by Crippen LogP contribution is -2.43. The molecule has 3 aromatic rings. The number of nitrogens with one attached hydrogen (secondary N) is 2. The van der Waals surface area contributed by atoms with Crippen LogP contribution in [0.4, 0.5) is 18.0 Å². The lowest BCUT2D eigenvalue weighted by atomic mass is 9.89. The maximum Gasteiger partial charge on any atom is 0.573 e. The Hall–Kier alpha value is -3.16. The first-order valence-electron chi connectivity index (χ1n) is 9.83. The highest BCUT2D eigenvalue weighted by molar-refractivity contribution is 5.83. The number of alkyl halides is 3. The van der Waals surface area contributed by atoms with Crippen molar-refractivity contribution in [3.8, 4) is 5.75 Å². The van der Waals surface area contributed by atoms with E-state index in [9.17, 15) is 18.0 Å². The molecule has 1 aromatic heterocycles. The summed E-state index contributed by atoms with van der Waals surface area (Å²) in [5, 5.41) is 3.92. The van der Waals surface area contributed by atoms with Crippen LogP contribution in [0.1, 0.15) is 29.9 Å². The number of H-pyrrole nitrogens is 1. The number of benzene rings is 2. The molecule has 0 atom stereocenters. The van der Waals surface area contributed by atoms with Crippen molar-refractivity contribution in [3.05, 3.63) is 65.9 Å². The zero-order valence-electron chi connectivity index (χ0n) is 16.2. The molecule has 1 aliphatic heterocycles. The Morgan fingerprint density at radius 3 is 2.57 bits per heavy atom. The van der Waals surface area contributed by atoms with Crippen molar-refractivity contribution in [2.45, 2.75) is 31.7 Å². The van der Waals surface area contributed by atoms with Gasteiger partial charge in [-0.3, -0.25) is 0 Å². The number of carbonyl (C=O) groups excluding carboxylic acids is 1. The van der Waals surface area contributed by atoms with Crippen LogP contribution in [0.5, 0.6) is 5.75 Å². The number of carbonyl (C=O) groups is 1. The lowest BCUT2D eigenvalue weighted by molar-refractivity contribution is -0.274. The van der Waals surface area contributed by atoms with E-state index in [0.29, 0.717) is 19.0 Å². The minimum Gasteiger partial charge on any atom is -0.405 e. The molecule has 0 spiro atoms. The van der Waals surface area contributed by atoms with E-state index < -0.39 is 6.36 Å². The Balaban J connectivity index is 1.33. The quantitative estimate of drug-likeness (QED) is 0.616. The molecule has 4 rings (SSSR count). The molecule has 0 saturated carbocycles. The van der Waals surface area contributed by atoms with Crippen LogP contribution in [0.25, 0.3) is 10.9 Å². The predicted molar refractivity (Wildman–Crippen MR) is 107 cm³/mol. The normalized spacial score (nSPS) is 15.4. The Labute approximate surface area is 171 Å². The van der Waals surface area contributed by atoms with Gasteiger partial charge < -0.3 is 19.9 Å². The van der Waals surface area contributed by atoms with Gasteiger partial charge in [0.15, 0.2) is 0 Å². The lowest BCUT2D eigenvalue weighted by Gasteiger charge is -2.32. The van der Waals surface area contributed by atoms with Gasteiger partial charge in [-0.05, 0) is 36.5 Å². The fourth-order valence-electron chi connectivity index (χ4n) is 3.98. The number of rotatable bonds is 4. The van der Waals surface area contributed by atoms with Crippen LogP contribution in [0.2, 0.25) is 0 Å². The van der Waals surface area contributed by atoms with E-state index >= 15 is 0 Å². The van der Waals surface area contributed by atoms with E-state index in [2.05, 4.69) is 21.1 Å². The summed E-state index contributed by atoms with van der Waals surface area (Å²) in [6.07, 6.45) is -1.06. The SMILES string of the molecule is O=C(NCc1ccccc1OC(F)(F)F)N1CCC(c2c[nH]c3ccccc23)CC1. The standard InChI is InChI=1S/C22H22F3N3O2/c23-22(24,25)30-20-8-4-1-5-16(20)13-27-21(29)28-11-9-15(10-12-28)18-14-26-19-7-3-2-6-17(18)19/h1-8,14-15,26H,9-13H2,(H,27,29). The summed E-state index contributed by atoms with van der Waals surface area (Å²) in [6, 6.07) is 13.7. The highest BCUT2D eigenvalue weighted by Crippen LogP contribution is 2.33. The van der Waals surface area contributed by atoms with Crippen LogP contribution in [-0.4, -0.2) is 35.4 Å². The van der Waals surface area contributed by atoms with Gasteiger partial charge in [-0.2, -0.15) is 0 Å². The summed E-state index contributed by atoms with van der Waals surface area (Å²) in [4.78, 5) is 17.5. The van der Waals surface area contributed by atoms with Gasteiger partial charge in [0, 0.05) is 42.3 Å². The van der Waals surface area contributed by atoms with Gasteiger partial charge in [-0.15, -0.1) is 13.2 Å². The molecule has 0 aliphatic carbocycles. The first-order chi connectivity index (χ1) is 14.4. The van der Waals surface area contributed by atoms with Gasteiger partial charge in [0.05, 0.1) is 0 Å². The van der Waals surface area contributed by atoms with E-state index in [4.69, 9.17) is 0 Å². The highest BCUT2D eigenvalue weighted by Gasteiger charge is 2.32. The summed E-state index contributed by atoms with van der Waals surface area (Å²) < 4.78 is 41.7. The van der Waals surface area contributed by atoms with E-state index in [1.165, 1.54) is 29.1 Å². The highest BCUT2D eigenvalue weighted by atomic mass is 19.4. The second-order valence-corrected chi connectivity index (χ2v) is 7.37. The number of hydrogen-bond acceptors (Lipinski definition) is 2. The van der Waals surface area contributed by atoms with E-state index in [1.807, 2.05) is 24.4 Å². The molecule has 30 heavy (non-hydrogen) atoms. The van der Waals surface area contributed by atoms with Gasteiger partial charge in [0.2, 0.25) is 0 Å². The number of urea groups is 1. The van der Waals surface area contributed by atoms with Crippen LogP contribution >= 0.6 is 0 Å². The number of para-hydroxylation sites is 2. The van der Waals surface area contributed by atoms with E-state index in [-0.39, 0.29) is 23.9 Å². The monoisotopic (exact) mass is 417 g/mol. The largest absolute Gasteiger partial charge is 0.573 e. The number of ether oxygens (including phenoxy) is 1. The van der Waals surface area contributed by atoms with Crippen LogP contribution in [0, 0.1) is 0 Å². The first-order valence-corrected chi connectivity index (χ1v) is 9.83. The average molecular weight is 417 g/mol. The number of hydrogen-bond donors (Lipinski definition) is 2. The number of nitrogens with zero attached hydrogens (tertiary/aromatic N) is 1. The van der Waals surface area contributed by atoms with Gasteiger partial charge in [0.25, 0.3) is 0 Å². The smallest absolute Gasteiger partial charge is 0.405 e. The second kappa shape index (κ2) is 8.30. The topological polar surface area (TPSA) is 57.4 Å². The van der Waals surface area contributed by atoms with Crippen molar-refractivity contribution in [3.63, 3.8) is 0 Å². The predicted octanol–water partition coefficient (Wildman–Crippen LogP) is 5.16. The van der Waals surface area contributed by atoms with Crippen molar-refractivity contribution in [2.24, 2.45) is 0 Å². The number of aromatic amines is 1. The fraction of sp³-hybridized carbons (Fsp3) is 0.318. The number of likely N-dealkylation sites (tertiary alicyclic amines) is 1. The molecule has 1 fully saturated rings. The van der Waals surface area contributed by atoms with Gasteiger partial charge >= 0.3 is 12.4 Å². The maximum absolute atomic E-state index is 12.5. The number of piperidine rings is 1. The molecule has 5 nitrogen and oxygen atoms in total. The van der Waals surface area contributed by atoms with Crippen LogP contribution in [-0.2, 0) is 6.54 Å². The van der Waals surface area contributed by atoms with Gasteiger partial charge in [0.1, 0.15) is 5.75 Å². The first kappa shape index (κ1) is 20.1. The number of halogens is 3. The zero-order chi connectivity index (χ0) is 21.1. The van der Waals surface area contributed by atoms with Crippen molar-refractivity contribution < 1.29 is 22.7 Å². The number of fused-ring (bicyclic) bond motifs is 1. The van der Waals surface area contributed by atoms with Gasteiger partial charge in [-0.25, -0.2) is 4.79 Å². The molecular formula is C22H22F3N3O2. The summed E-state index contributed by atoms with van der Waals surface area (Å²) in [6.45, 7) is 1.15. The third-order valence-electron chi connectivity index (χ3n) is 5.47. The summed E-state index contributed by atoms with van der Waals surface area (Å²) in [7, 11) is 0. The molecular weight excluding hydrogens is 395 g/mol. The molecule has 2 aromatic carbocycles. The van der Waals surface area contributed by atoms with Crippen LogP contribution in [0.3, 0.4) is 0 Å². The van der Waals surface area contributed by atoms with Crippen LogP contribution in [0.15, 0.2) is 54.7 Å². The van der Waals surface area contributed by atoms with E-state index in [1.54, 1.807) is 11.0 Å². The average Bonchev–Trinajstić information content (AvgIpc) is 3.16. The Morgan fingerprint density at radius 2 is 1.80 bits per heavy atom. The summed E-state index contributed by atoms with van der Waals surface area (Å²) in [5.74, 6) is 0.0643. The second-order valence-electron chi connectivity index (χ2n) is 7.37. The molecule has 158 valence electrons. The molecule has 1 saturated heterocycles. The summed E-state index contributed by atoms with van der Waals surface area (Å²) in [5.41, 5.74) is 2.65. The molecule has 8 heteroatoms. The molecule has 2 N–H and O–H groups in total. The molecule has 1 aliphatic rings. The Bertz CT molecular complexity index is 1020. The van der Waals surface area contributed by atoms with Crippen LogP contribution < -0.4 is 10.1 Å². The molecule has 0 radical (unpaired) electrons. The molecule has 0 unspecified atom stereocenters. The minimum atomic E-state index is -4.77. The molecule has 0 bridgehead atoms. The molecule has 2 amide bonds. The van der Waals surface area contributed by atoms with Gasteiger partial charge in [-0.1, -0.05) is 36.4 Å². The number of amides is 2. The Morgan fingerprint density at radius 1 is 1.10 bits per heavy atom. The minimum absolute atomic E-state index is 0.0343. The third-order valence-corrected chi connectivity index (χ3v) is 5.47. The third kappa shape index (κ3) is 4.53. The molecule has 2 heterocycles. The van der Waals surface area contributed by atoms with Crippen molar-refractivity contribution in [1.29, 1.82) is 0 Å². The zero-order valence-corrected chi connectivity index (χ0v) is 16.2. The number of aromatic nitrogens is 1. The van der Waals surface area contributed by atoms with E-state index in [0.717, 1.165) is 18.4 Å². The van der Waals surface area contributed by atoms with Crippen molar-refractivity contribution in [1.82, 2.24) is 15.2 Å². The summed E-state index contributed by atoms with van der Waals surface area (Å²) >= 11 is 0. The van der Waals surface area contributed by atoms with Crippen molar-refractivity contribution in [2.75, 3.05) is 13.1 Å².